The maximum atomic E-state index is 12.5. The lowest BCUT2D eigenvalue weighted by Crippen LogP contribution is -2.55. The van der Waals surface area contributed by atoms with Gasteiger partial charge in [0.15, 0.2) is 0 Å². The highest BCUT2D eigenvalue weighted by Crippen LogP contribution is 2.25. The number of halogens is 1. The molecule has 0 radical (unpaired) electrons. The second kappa shape index (κ2) is 5.17. The molecule has 0 saturated carbocycles. The standard InChI is InChI=1S/C12H17ClN2O2S/c1-9-7-15(8-10(2)14-9)18(16,17)12-6-4-3-5-11(12)13/h3-6,9-10,14H,7-8H2,1-2H3/t9-,10+. The first-order chi connectivity index (χ1) is 8.41. The maximum Gasteiger partial charge on any atom is 0.244 e. The van der Waals surface area contributed by atoms with E-state index in [0.717, 1.165) is 0 Å². The van der Waals surface area contributed by atoms with Crippen molar-refractivity contribution in [3.63, 3.8) is 0 Å². The van der Waals surface area contributed by atoms with Gasteiger partial charge in [0.1, 0.15) is 4.90 Å². The molecule has 4 nitrogen and oxygen atoms in total. The highest BCUT2D eigenvalue weighted by Gasteiger charge is 2.32. The summed E-state index contributed by atoms with van der Waals surface area (Å²) < 4.78 is 26.5. The van der Waals surface area contributed by atoms with Gasteiger partial charge in [0.25, 0.3) is 0 Å². The second-order valence-electron chi connectivity index (χ2n) is 4.72. The van der Waals surface area contributed by atoms with Crippen LogP contribution < -0.4 is 5.32 Å². The first-order valence-electron chi connectivity index (χ1n) is 5.92. The van der Waals surface area contributed by atoms with Crippen molar-refractivity contribution in [2.45, 2.75) is 30.8 Å². The zero-order valence-electron chi connectivity index (χ0n) is 10.4. The smallest absolute Gasteiger partial charge is 0.244 e. The van der Waals surface area contributed by atoms with Crippen LogP contribution in [-0.2, 0) is 10.0 Å². The van der Waals surface area contributed by atoms with Crippen molar-refractivity contribution in [1.82, 2.24) is 9.62 Å². The highest BCUT2D eigenvalue weighted by atomic mass is 35.5. The van der Waals surface area contributed by atoms with Crippen LogP contribution in [0.2, 0.25) is 5.02 Å². The van der Waals surface area contributed by atoms with Crippen molar-refractivity contribution in [1.29, 1.82) is 0 Å². The Morgan fingerprint density at radius 3 is 2.33 bits per heavy atom. The highest BCUT2D eigenvalue weighted by molar-refractivity contribution is 7.89. The van der Waals surface area contributed by atoms with Gasteiger partial charge in [0.2, 0.25) is 10.0 Å². The first-order valence-corrected chi connectivity index (χ1v) is 7.74. The summed E-state index contributed by atoms with van der Waals surface area (Å²) in [5.74, 6) is 0. The van der Waals surface area contributed by atoms with Gasteiger partial charge in [-0.25, -0.2) is 8.42 Å². The number of hydrogen-bond acceptors (Lipinski definition) is 3. The average Bonchev–Trinajstić information content (AvgIpc) is 2.28. The first kappa shape index (κ1) is 13.8. The van der Waals surface area contributed by atoms with Gasteiger partial charge >= 0.3 is 0 Å². The minimum atomic E-state index is -3.50. The molecule has 1 heterocycles. The molecule has 1 N–H and O–H groups in total. The van der Waals surface area contributed by atoms with Crippen molar-refractivity contribution < 1.29 is 8.42 Å². The van der Waals surface area contributed by atoms with Crippen molar-refractivity contribution >= 4 is 21.6 Å². The molecule has 0 unspecified atom stereocenters. The molecule has 1 fully saturated rings. The molecule has 0 amide bonds. The molecule has 0 spiro atoms. The summed E-state index contributed by atoms with van der Waals surface area (Å²) in [5.41, 5.74) is 0. The Hall–Kier alpha value is -0.620. The van der Waals surface area contributed by atoms with E-state index in [9.17, 15) is 8.42 Å². The van der Waals surface area contributed by atoms with E-state index >= 15 is 0 Å². The lowest BCUT2D eigenvalue weighted by atomic mass is 10.2. The number of piperazine rings is 1. The molecule has 0 aliphatic carbocycles. The topological polar surface area (TPSA) is 49.4 Å². The normalized spacial score (nSPS) is 26.2. The molecule has 2 rings (SSSR count). The molecule has 100 valence electrons. The van der Waals surface area contributed by atoms with Crippen LogP contribution >= 0.6 is 11.6 Å². The largest absolute Gasteiger partial charge is 0.309 e. The zero-order chi connectivity index (χ0) is 13.3. The molecule has 6 heteroatoms. The molecule has 0 bridgehead atoms. The second-order valence-corrected chi connectivity index (χ2v) is 7.03. The fraction of sp³-hybridized carbons (Fsp3) is 0.500. The van der Waals surface area contributed by atoms with E-state index < -0.39 is 10.0 Å². The minimum absolute atomic E-state index is 0.144. The molecule has 2 atom stereocenters. The Morgan fingerprint density at radius 2 is 1.78 bits per heavy atom. The summed E-state index contributed by atoms with van der Waals surface area (Å²) in [6.45, 7) is 4.89. The van der Waals surface area contributed by atoms with E-state index in [2.05, 4.69) is 5.32 Å². The third-order valence-corrected chi connectivity index (χ3v) is 5.31. The Balaban J connectivity index is 2.34. The van der Waals surface area contributed by atoms with Gasteiger partial charge in [0.05, 0.1) is 5.02 Å². The van der Waals surface area contributed by atoms with Crippen molar-refractivity contribution in [3.8, 4) is 0 Å². The molecule has 18 heavy (non-hydrogen) atoms. The van der Waals surface area contributed by atoms with Gasteiger partial charge in [0, 0.05) is 25.2 Å². The third-order valence-electron chi connectivity index (χ3n) is 2.98. The SMILES string of the molecule is C[C@@H]1CN(S(=O)(=O)c2ccccc2Cl)C[C@H](C)N1. The van der Waals surface area contributed by atoms with Gasteiger partial charge in [-0.2, -0.15) is 4.31 Å². The number of hydrogen-bond donors (Lipinski definition) is 1. The Bertz CT molecular complexity index is 523. The summed E-state index contributed by atoms with van der Waals surface area (Å²) in [5, 5.41) is 3.58. The molecule has 1 aromatic carbocycles. The van der Waals surface area contributed by atoms with Gasteiger partial charge < -0.3 is 5.32 Å². The van der Waals surface area contributed by atoms with Crippen molar-refractivity contribution in [3.05, 3.63) is 29.3 Å². The number of sulfonamides is 1. The van der Waals surface area contributed by atoms with Crippen LogP contribution in [0.25, 0.3) is 0 Å². The summed E-state index contributed by atoms with van der Waals surface area (Å²) in [7, 11) is -3.50. The van der Waals surface area contributed by atoms with E-state index in [1.807, 2.05) is 13.8 Å². The van der Waals surface area contributed by atoms with E-state index in [4.69, 9.17) is 11.6 Å². The van der Waals surface area contributed by atoms with Crippen LogP contribution in [0.15, 0.2) is 29.2 Å². The molecule has 1 aliphatic rings. The monoisotopic (exact) mass is 288 g/mol. The number of nitrogens with one attached hydrogen (secondary N) is 1. The average molecular weight is 289 g/mol. The van der Waals surface area contributed by atoms with E-state index in [1.54, 1.807) is 24.3 Å². The zero-order valence-corrected chi connectivity index (χ0v) is 12.0. The van der Waals surface area contributed by atoms with Crippen LogP contribution in [0.3, 0.4) is 0 Å². The molecule has 1 saturated heterocycles. The molecular weight excluding hydrogens is 272 g/mol. The summed E-state index contributed by atoms with van der Waals surface area (Å²) >= 11 is 5.98. The number of nitrogens with zero attached hydrogens (tertiary/aromatic N) is 1. The minimum Gasteiger partial charge on any atom is -0.309 e. The van der Waals surface area contributed by atoms with E-state index in [0.29, 0.717) is 13.1 Å². The van der Waals surface area contributed by atoms with Crippen LogP contribution in [-0.4, -0.2) is 37.9 Å². The van der Waals surface area contributed by atoms with Gasteiger partial charge in [-0.1, -0.05) is 23.7 Å². The Morgan fingerprint density at radius 1 is 1.22 bits per heavy atom. The Kier molecular flexibility index (Phi) is 3.96. The Labute approximate surface area is 113 Å². The predicted molar refractivity (Wildman–Crippen MR) is 72.3 cm³/mol. The van der Waals surface area contributed by atoms with Crippen molar-refractivity contribution in [2.24, 2.45) is 0 Å². The number of rotatable bonds is 2. The fourth-order valence-corrected chi connectivity index (χ4v) is 4.38. The third kappa shape index (κ3) is 2.69. The molecule has 0 aromatic heterocycles. The van der Waals surface area contributed by atoms with Gasteiger partial charge in [-0.3, -0.25) is 0 Å². The maximum absolute atomic E-state index is 12.5. The van der Waals surface area contributed by atoms with Crippen LogP contribution in [0.1, 0.15) is 13.8 Å². The van der Waals surface area contributed by atoms with Crippen LogP contribution in [0.5, 0.6) is 0 Å². The van der Waals surface area contributed by atoms with Gasteiger partial charge in [-0.15, -0.1) is 0 Å². The molecule has 1 aromatic rings. The van der Waals surface area contributed by atoms with Gasteiger partial charge in [-0.05, 0) is 26.0 Å². The lowest BCUT2D eigenvalue weighted by Gasteiger charge is -2.35. The summed E-state index contributed by atoms with van der Waals surface area (Å²) in [4.78, 5) is 0.188. The van der Waals surface area contributed by atoms with Crippen LogP contribution in [0, 0.1) is 0 Å². The lowest BCUT2D eigenvalue weighted by molar-refractivity contribution is 0.263. The van der Waals surface area contributed by atoms with Crippen molar-refractivity contribution in [2.75, 3.05) is 13.1 Å². The fourth-order valence-electron chi connectivity index (χ4n) is 2.27. The van der Waals surface area contributed by atoms with E-state index in [1.165, 1.54) is 4.31 Å². The summed E-state index contributed by atoms with van der Waals surface area (Å²) in [6.07, 6.45) is 0. The quantitative estimate of drug-likeness (QED) is 0.901. The molecule has 1 aliphatic heterocycles. The number of benzene rings is 1. The van der Waals surface area contributed by atoms with E-state index in [-0.39, 0.29) is 22.0 Å². The summed E-state index contributed by atoms with van der Waals surface area (Å²) in [6, 6.07) is 6.86. The molecular formula is C12H17ClN2O2S. The van der Waals surface area contributed by atoms with Crippen LogP contribution in [0.4, 0.5) is 0 Å². The predicted octanol–water partition coefficient (Wildman–Crippen LogP) is 1.71.